The molecule has 6 heteroatoms. The van der Waals surface area contributed by atoms with E-state index in [0.29, 0.717) is 18.7 Å². The molecular formula is C28H33NO5. The van der Waals surface area contributed by atoms with Gasteiger partial charge >= 0.3 is 5.97 Å². The number of aliphatic hydroxyl groups is 1. The molecule has 0 saturated heterocycles. The molecule has 0 aromatic heterocycles. The summed E-state index contributed by atoms with van der Waals surface area (Å²) in [5, 5.41) is 32.4. The van der Waals surface area contributed by atoms with Crippen molar-refractivity contribution >= 4 is 5.97 Å². The van der Waals surface area contributed by atoms with Crippen LogP contribution in [0, 0.1) is 6.92 Å². The van der Waals surface area contributed by atoms with Crippen molar-refractivity contribution < 1.29 is 24.9 Å². The van der Waals surface area contributed by atoms with Crippen LogP contribution < -0.4 is 10.1 Å². The van der Waals surface area contributed by atoms with E-state index in [4.69, 9.17) is 4.74 Å². The van der Waals surface area contributed by atoms with E-state index in [1.165, 1.54) is 0 Å². The largest absolute Gasteiger partial charge is 0.508 e. The van der Waals surface area contributed by atoms with Crippen LogP contribution in [0.2, 0.25) is 0 Å². The van der Waals surface area contributed by atoms with Crippen LogP contribution in [0.25, 0.3) is 11.1 Å². The summed E-state index contributed by atoms with van der Waals surface area (Å²) in [7, 11) is 0. The first kappa shape index (κ1) is 25.3. The Morgan fingerprint density at radius 2 is 1.79 bits per heavy atom. The van der Waals surface area contributed by atoms with Gasteiger partial charge in [0.2, 0.25) is 0 Å². The lowest BCUT2D eigenvalue weighted by Gasteiger charge is -2.21. The van der Waals surface area contributed by atoms with Crippen LogP contribution >= 0.6 is 0 Å². The zero-order chi connectivity index (χ0) is 24.7. The van der Waals surface area contributed by atoms with Gasteiger partial charge in [-0.05, 0) is 84.5 Å². The zero-order valence-electron chi connectivity index (χ0n) is 19.9. The lowest BCUT2D eigenvalue weighted by molar-refractivity contribution is 0.0696. The Hall–Kier alpha value is -3.35. The van der Waals surface area contributed by atoms with E-state index in [-0.39, 0.29) is 11.8 Å². The number of phenolic OH excluding ortho intramolecular Hbond substituents is 1. The summed E-state index contributed by atoms with van der Waals surface area (Å²) in [5.74, 6) is 0.0454. The van der Waals surface area contributed by atoms with E-state index in [9.17, 15) is 20.1 Å². The average Bonchev–Trinajstić information content (AvgIpc) is 2.82. The summed E-state index contributed by atoms with van der Waals surface area (Å²) in [4.78, 5) is 11.3. The standard InChI is InChI=1S/C28H33NO5/c1-4-5-21-17-23(28(32)33)8-12-25(21)22-9-13-26(18(2)16-22)34-15-14-29-19(3)27(31)20-6-10-24(30)11-7-20/h6-13,16-17,19,27,29-31H,4-5,14-15H2,1-3H3,(H,32,33)/t19-,27+/m1/s1. The minimum Gasteiger partial charge on any atom is -0.508 e. The van der Waals surface area contributed by atoms with Gasteiger partial charge in [0.05, 0.1) is 11.7 Å². The highest BCUT2D eigenvalue weighted by atomic mass is 16.5. The van der Waals surface area contributed by atoms with Crippen molar-refractivity contribution in [2.24, 2.45) is 0 Å². The molecule has 180 valence electrons. The molecule has 3 aromatic rings. The van der Waals surface area contributed by atoms with Gasteiger partial charge in [-0.15, -0.1) is 0 Å². The van der Waals surface area contributed by atoms with Gasteiger partial charge in [0.15, 0.2) is 0 Å². The predicted molar refractivity (Wildman–Crippen MR) is 134 cm³/mol. The molecule has 6 nitrogen and oxygen atoms in total. The molecule has 0 fully saturated rings. The Morgan fingerprint density at radius 1 is 1.06 bits per heavy atom. The normalized spacial score (nSPS) is 12.8. The number of benzene rings is 3. The number of aryl methyl sites for hydroxylation is 2. The third-order valence-corrected chi connectivity index (χ3v) is 5.89. The molecular weight excluding hydrogens is 430 g/mol. The second-order valence-corrected chi connectivity index (χ2v) is 8.53. The molecule has 0 saturated carbocycles. The van der Waals surface area contributed by atoms with Crippen LogP contribution in [0.3, 0.4) is 0 Å². The highest BCUT2D eigenvalue weighted by Gasteiger charge is 2.16. The maximum absolute atomic E-state index is 11.3. The van der Waals surface area contributed by atoms with Crippen LogP contribution in [0.1, 0.15) is 53.4 Å². The number of carbonyl (C=O) groups is 1. The lowest BCUT2D eigenvalue weighted by atomic mass is 9.94. The molecule has 0 unspecified atom stereocenters. The van der Waals surface area contributed by atoms with Gasteiger partial charge in [0.25, 0.3) is 0 Å². The van der Waals surface area contributed by atoms with Gasteiger partial charge < -0.3 is 25.4 Å². The summed E-state index contributed by atoms with van der Waals surface area (Å²) in [5.41, 5.74) is 5.15. The third kappa shape index (κ3) is 6.37. The summed E-state index contributed by atoms with van der Waals surface area (Å²) in [6, 6.07) is 17.7. The number of aliphatic hydroxyl groups excluding tert-OH is 1. The van der Waals surface area contributed by atoms with Crippen LogP contribution in [0.15, 0.2) is 60.7 Å². The van der Waals surface area contributed by atoms with Gasteiger partial charge in [-0.2, -0.15) is 0 Å². The molecule has 3 aromatic carbocycles. The fourth-order valence-corrected chi connectivity index (χ4v) is 3.98. The fraction of sp³-hybridized carbons (Fsp3) is 0.321. The Labute approximate surface area is 200 Å². The molecule has 0 aliphatic carbocycles. The molecule has 0 spiro atoms. The second kappa shape index (κ2) is 11.7. The van der Waals surface area contributed by atoms with Gasteiger partial charge in [-0.25, -0.2) is 4.79 Å². The number of aromatic hydroxyl groups is 1. The minimum absolute atomic E-state index is 0.171. The molecule has 4 N–H and O–H groups in total. The van der Waals surface area contributed by atoms with Gasteiger partial charge in [-0.1, -0.05) is 37.6 Å². The number of carboxylic acids is 1. The van der Waals surface area contributed by atoms with Crippen molar-refractivity contribution in [3.8, 4) is 22.6 Å². The second-order valence-electron chi connectivity index (χ2n) is 8.53. The SMILES string of the molecule is CCCc1cc(C(=O)O)ccc1-c1ccc(OCCN[C@H](C)[C@H](O)c2ccc(O)cc2)c(C)c1. The highest BCUT2D eigenvalue weighted by Crippen LogP contribution is 2.30. The van der Waals surface area contributed by atoms with E-state index in [1.807, 2.05) is 32.0 Å². The number of rotatable bonds is 11. The van der Waals surface area contributed by atoms with Gasteiger partial charge in [0, 0.05) is 12.6 Å². The van der Waals surface area contributed by atoms with Crippen molar-refractivity contribution in [3.05, 3.63) is 82.9 Å². The van der Waals surface area contributed by atoms with Crippen LogP contribution in [-0.2, 0) is 6.42 Å². The number of hydrogen-bond acceptors (Lipinski definition) is 5. The first-order valence-corrected chi connectivity index (χ1v) is 11.6. The van der Waals surface area contributed by atoms with Crippen molar-refractivity contribution in [1.82, 2.24) is 5.32 Å². The summed E-state index contributed by atoms with van der Waals surface area (Å²) in [6.45, 7) is 6.99. The molecule has 34 heavy (non-hydrogen) atoms. The Morgan fingerprint density at radius 3 is 2.44 bits per heavy atom. The van der Waals surface area contributed by atoms with Crippen LogP contribution in [0.5, 0.6) is 11.5 Å². The number of nitrogens with one attached hydrogen (secondary N) is 1. The number of phenols is 1. The predicted octanol–water partition coefficient (Wildman–Crippen LogP) is 5.11. The molecule has 0 aliphatic rings. The highest BCUT2D eigenvalue weighted by molar-refractivity contribution is 5.89. The molecule has 0 bridgehead atoms. The molecule has 0 aliphatic heterocycles. The first-order valence-electron chi connectivity index (χ1n) is 11.6. The fourth-order valence-electron chi connectivity index (χ4n) is 3.98. The summed E-state index contributed by atoms with van der Waals surface area (Å²) in [6.07, 6.45) is 1.06. The smallest absolute Gasteiger partial charge is 0.335 e. The van der Waals surface area contributed by atoms with Crippen molar-refractivity contribution in [3.63, 3.8) is 0 Å². The van der Waals surface area contributed by atoms with E-state index < -0.39 is 12.1 Å². The minimum atomic E-state index is -0.914. The topological polar surface area (TPSA) is 99.0 Å². The first-order chi connectivity index (χ1) is 16.3. The van der Waals surface area contributed by atoms with Gasteiger partial charge in [-0.3, -0.25) is 0 Å². The number of ether oxygens (including phenoxy) is 1. The maximum Gasteiger partial charge on any atom is 0.335 e. The molecule has 2 atom stereocenters. The van der Waals surface area contributed by atoms with Crippen molar-refractivity contribution in [1.29, 1.82) is 0 Å². The molecule has 0 heterocycles. The summed E-state index contributed by atoms with van der Waals surface area (Å²) < 4.78 is 5.95. The van der Waals surface area contributed by atoms with Crippen molar-refractivity contribution in [2.45, 2.75) is 45.8 Å². The van der Waals surface area contributed by atoms with E-state index >= 15 is 0 Å². The van der Waals surface area contributed by atoms with Crippen LogP contribution in [-0.4, -0.2) is 40.5 Å². The van der Waals surface area contributed by atoms with E-state index in [2.05, 4.69) is 18.3 Å². The lowest BCUT2D eigenvalue weighted by Crippen LogP contribution is -2.35. The average molecular weight is 464 g/mol. The summed E-state index contributed by atoms with van der Waals surface area (Å²) >= 11 is 0. The Kier molecular flexibility index (Phi) is 8.68. The molecule has 0 radical (unpaired) electrons. The quantitative estimate of drug-likeness (QED) is 0.295. The number of carboxylic acid groups (broad SMARTS) is 1. The van der Waals surface area contributed by atoms with Crippen LogP contribution in [0.4, 0.5) is 0 Å². The molecule has 0 amide bonds. The number of aromatic carboxylic acids is 1. The number of hydrogen-bond donors (Lipinski definition) is 4. The van der Waals surface area contributed by atoms with Gasteiger partial charge in [0.1, 0.15) is 18.1 Å². The zero-order valence-corrected chi connectivity index (χ0v) is 19.9. The Balaban J connectivity index is 1.59. The van der Waals surface area contributed by atoms with E-state index in [1.54, 1.807) is 36.4 Å². The van der Waals surface area contributed by atoms with Crippen molar-refractivity contribution in [2.75, 3.05) is 13.2 Å². The maximum atomic E-state index is 11.3. The Bertz CT molecular complexity index is 1110. The molecule has 3 rings (SSSR count). The van der Waals surface area contributed by atoms with E-state index in [0.717, 1.165) is 46.4 Å². The monoisotopic (exact) mass is 463 g/mol. The third-order valence-electron chi connectivity index (χ3n) is 5.89.